The fraction of sp³-hybridized carbons (Fsp3) is 0.562. The molecule has 1 aromatic carbocycles. The highest BCUT2D eigenvalue weighted by atomic mass is 16.3. The summed E-state index contributed by atoms with van der Waals surface area (Å²) >= 11 is 0. The van der Waals surface area contributed by atoms with Crippen molar-refractivity contribution in [1.82, 2.24) is 0 Å². The number of nitrogens with zero attached hydrogens (tertiary/aromatic N) is 1. The fourth-order valence-corrected chi connectivity index (χ4v) is 2.02. The van der Waals surface area contributed by atoms with Crippen molar-refractivity contribution in [3.8, 4) is 0 Å². The number of rotatable bonds is 2. The molecule has 0 atom stereocenters. The van der Waals surface area contributed by atoms with E-state index < -0.39 is 5.60 Å². The van der Waals surface area contributed by atoms with Gasteiger partial charge in [0.2, 0.25) is 0 Å². The maximum atomic E-state index is 12.1. The van der Waals surface area contributed by atoms with E-state index in [1.165, 1.54) is 24.3 Å². The van der Waals surface area contributed by atoms with E-state index >= 15 is 0 Å². The Bertz CT molecular complexity index is 479. The Kier molecular flexibility index (Phi) is 4.11. The van der Waals surface area contributed by atoms with Crippen molar-refractivity contribution < 1.29 is 9.90 Å². The number of hydrogen-bond acceptors (Lipinski definition) is 2. The van der Waals surface area contributed by atoms with Crippen LogP contribution in [0.2, 0.25) is 0 Å². The molecule has 1 amide bonds. The number of aryl methyl sites for hydroxylation is 1. The fourth-order valence-electron chi connectivity index (χ4n) is 2.02. The number of hydrogen-bond donors (Lipinski definition) is 1. The predicted octanol–water partition coefficient (Wildman–Crippen LogP) is 3.03. The Morgan fingerprint density at radius 2 is 1.68 bits per heavy atom. The molecule has 3 nitrogen and oxygen atoms in total. The first kappa shape index (κ1) is 15.7. The molecule has 0 unspecified atom stereocenters. The van der Waals surface area contributed by atoms with Gasteiger partial charge in [0.1, 0.15) is 5.60 Å². The van der Waals surface area contributed by atoms with Gasteiger partial charge in [0, 0.05) is 12.7 Å². The van der Waals surface area contributed by atoms with Crippen LogP contribution in [-0.2, 0) is 10.2 Å². The molecular weight excluding hydrogens is 238 g/mol. The van der Waals surface area contributed by atoms with Crippen molar-refractivity contribution >= 4 is 11.6 Å². The van der Waals surface area contributed by atoms with Gasteiger partial charge in [0.05, 0.1) is 0 Å². The summed E-state index contributed by atoms with van der Waals surface area (Å²) in [6.45, 7) is 11.5. The summed E-state index contributed by atoms with van der Waals surface area (Å²) in [4.78, 5) is 13.6. The van der Waals surface area contributed by atoms with Crippen molar-refractivity contribution in [3.05, 3.63) is 29.3 Å². The average molecular weight is 263 g/mol. The van der Waals surface area contributed by atoms with Gasteiger partial charge in [0.15, 0.2) is 0 Å². The van der Waals surface area contributed by atoms with E-state index in [2.05, 4.69) is 26.8 Å². The molecule has 106 valence electrons. The molecule has 0 aliphatic carbocycles. The van der Waals surface area contributed by atoms with Crippen LogP contribution in [0.15, 0.2) is 18.2 Å². The minimum Gasteiger partial charge on any atom is -0.381 e. The zero-order valence-corrected chi connectivity index (χ0v) is 13.0. The monoisotopic (exact) mass is 263 g/mol. The van der Waals surface area contributed by atoms with E-state index in [4.69, 9.17) is 0 Å². The second-order valence-electron chi connectivity index (χ2n) is 6.67. The molecule has 0 bridgehead atoms. The van der Waals surface area contributed by atoms with Crippen LogP contribution in [-0.4, -0.2) is 23.7 Å². The Balaban J connectivity index is 3.14. The SMILES string of the molecule is Cc1cc(C(C)(C)C)ccc1N(C)C(=O)C(C)(C)O. The largest absolute Gasteiger partial charge is 0.381 e. The van der Waals surface area contributed by atoms with Crippen molar-refractivity contribution in [3.63, 3.8) is 0 Å². The van der Waals surface area contributed by atoms with E-state index in [0.29, 0.717) is 0 Å². The molecule has 0 fully saturated rings. The molecule has 0 saturated carbocycles. The van der Waals surface area contributed by atoms with Crippen LogP contribution in [0.1, 0.15) is 45.7 Å². The standard InChI is InChI=1S/C16H25NO2/c1-11-10-12(15(2,3)4)8-9-13(11)17(7)14(18)16(5,6)19/h8-10,19H,1-7H3. The van der Waals surface area contributed by atoms with Crippen LogP contribution < -0.4 is 4.90 Å². The first-order valence-electron chi connectivity index (χ1n) is 6.56. The van der Waals surface area contributed by atoms with E-state index in [9.17, 15) is 9.90 Å². The van der Waals surface area contributed by atoms with Crippen LogP contribution in [0.5, 0.6) is 0 Å². The summed E-state index contributed by atoms with van der Waals surface area (Å²) in [6.07, 6.45) is 0. The summed E-state index contributed by atoms with van der Waals surface area (Å²) in [5.74, 6) is -0.306. The highest BCUT2D eigenvalue weighted by Gasteiger charge is 2.29. The number of aliphatic hydroxyl groups is 1. The Morgan fingerprint density at radius 3 is 2.05 bits per heavy atom. The van der Waals surface area contributed by atoms with Gasteiger partial charge in [-0.1, -0.05) is 32.9 Å². The lowest BCUT2D eigenvalue weighted by Gasteiger charge is -2.27. The highest BCUT2D eigenvalue weighted by Crippen LogP contribution is 2.28. The molecule has 1 N–H and O–H groups in total. The first-order chi connectivity index (χ1) is 8.44. The third-order valence-corrected chi connectivity index (χ3v) is 3.25. The molecule has 3 heteroatoms. The number of carbonyl (C=O) groups is 1. The minimum atomic E-state index is -1.36. The summed E-state index contributed by atoms with van der Waals surface area (Å²) in [6, 6.07) is 6.08. The second kappa shape index (κ2) is 4.97. The van der Waals surface area contributed by atoms with Crippen LogP contribution in [0.25, 0.3) is 0 Å². The van der Waals surface area contributed by atoms with Crippen LogP contribution in [0.4, 0.5) is 5.69 Å². The summed E-state index contributed by atoms with van der Waals surface area (Å²) in [5, 5.41) is 9.80. The maximum absolute atomic E-state index is 12.1. The Morgan fingerprint density at radius 1 is 1.16 bits per heavy atom. The third-order valence-electron chi connectivity index (χ3n) is 3.25. The molecule has 0 spiro atoms. The van der Waals surface area contributed by atoms with Crippen molar-refractivity contribution in [2.75, 3.05) is 11.9 Å². The minimum absolute atomic E-state index is 0.0854. The second-order valence-corrected chi connectivity index (χ2v) is 6.67. The van der Waals surface area contributed by atoms with E-state index in [-0.39, 0.29) is 11.3 Å². The number of carbonyl (C=O) groups excluding carboxylic acids is 1. The lowest BCUT2D eigenvalue weighted by atomic mass is 9.86. The molecule has 1 aromatic rings. The molecule has 0 aromatic heterocycles. The molecule has 0 saturated heterocycles. The van der Waals surface area contributed by atoms with Crippen LogP contribution in [0, 0.1) is 6.92 Å². The van der Waals surface area contributed by atoms with Crippen LogP contribution >= 0.6 is 0 Å². The quantitative estimate of drug-likeness (QED) is 0.891. The number of anilines is 1. The van der Waals surface area contributed by atoms with Gasteiger partial charge in [-0.25, -0.2) is 0 Å². The molecule has 0 aliphatic rings. The van der Waals surface area contributed by atoms with Gasteiger partial charge < -0.3 is 10.0 Å². The number of amides is 1. The summed E-state index contributed by atoms with van der Waals surface area (Å²) < 4.78 is 0. The van der Waals surface area contributed by atoms with E-state index in [1.54, 1.807) is 7.05 Å². The zero-order valence-electron chi connectivity index (χ0n) is 13.0. The summed E-state index contributed by atoms with van der Waals surface area (Å²) in [5.41, 5.74) is 1.83. The predicted molar refractivity (Wildman–Crippen MR) is 79.6 cm³/mol. The third kappa shape index (κ3) is 3.57. The smallest absolute Gasteiger partial charge is 0.258 e. The van der Waals surface area contributed by atoms with Gasteiger partial charge in [0.25, 0.3) is 5.91 Å². The topological polar surface area (TPSA) is 40.5 Å². The van der Waals surface area contributed by atoms with E-state index in [1.807, 2.05) is 19.1 Å². The molecule has 19 heavy (non-hydrogen) atoms. The van der Waals surface area contributed by atoms with Gasteiger partial charge in [-0.3, -0.25) is 4.79 Å². The highest BCUT2D eigenvalue weighted by molar-refractivity contribution is 5.98. The average Bonchev–Trinajstić information content (AvgIpc) is 2.24. The van der Waals surface area contributed by atoms with Crippen molar-refractivity contribution in [2.45, 2.75) is 52.6 Å². The number of benzene rings is 1. The van der Waals surface area contributed by atoms with Crippen molar-refractivity contribution in [2.24, 2.45) is 0 Å². The molecule has 0 heterocycles. The normalized spacial score (nSPS) is 12.4. The van der Waals surface area contributed by atoms with Gasteiger partial charge in [-0.05, 0) is 43.4 Å². The Hall–Kier alpha value is -1.35. The van der Waals surface area contributed by atoms with E-state index in [0.717, 1.165) is 11.3 Å². The van der Waals surface area contributed by atoms with Crippen molar-refractivity contribution in [1.29, 1.82) is 0 Å². The van der Waals surface area contributed by atoms with Gasteiger partial charge in [-0.2, -0.15) is 0 Å². The van der Waals surface area contributed by atoms with Gasteiger partial charge >= 0.3 is 0 Å². The maximum Gasteiger partial charge on any atom is 0.258 e. The Labute approximate surface area is 116 Å². The lowest BCUT2D eigenvalue weighted by molar-refractivity contribution is -0.133. The molecule has 0 aliphatic heterocycles. The van der Waals surface area contributed by atoms with Crippen LogP contribution in [0.3, 0.4) is 0 Å². The molecule has 1 rings (SSSR count). The summed E-state index contributed by atoms with van der Waals surface area (Å²) in [7, 11) is 1.69. The molecule has 0 radical (unpaired) electrons. The molecular formula is C16H25NO2. The first-order valence-corrected chi connectivity index (χ1v) is 6.56. The number of likely N-dealkylation sites (N-methyl/N-ethyl adjacent to an activating group) is 1. The van der Waals surface area contributed by atoms with Gasteiger partial charge in [-0.15, -0.1) is 0 Å². The lowest BCUT2D eigenvalue weighted by Crippen LogP contribution is -2.43. The zero-order chi connectivity index (χ0) is 15.0.